The molecule has 1 unspecified atom stereocenters. The first-order valence-electron chi connectivity index (χ1n) is 9.68. The third-order valence-electron chi connectivity index (χ3n) is 5.47. The zero-order valence-electron chi connectivity index (χ0n) is 16.4. The molecule has 2 aromatic heterocycles. The van der Waals surface area contributed by atoms with Crippen molar-refractivity contribution in [1.82, 2.24) is 19.8 Å². The first-order chi connectivity index (χ1) is 14.0. The van der Waals surface area contributed by atoms with Crippen LogP contribution in [0.3, 0.4) is 0 Å². The maximum atomic E-state index is 13.8. The van der Waals surface area contributed by atoms with Gasteiger partial charge in [-0.3, -0.25) is 9.48 Å². The summed E-state index contributed by atoms with van der Waals surface area (Å²) in [5.41, 5.74) is 2.45. The molecule has 0 N–H and O–H groups in total. The summed E-state index contributed by atoms with van der Waals surface area (Å²) in [6.07, 6.45) is 5.48. The number of nitrogens with zero attached hydrogens (tertiary/aromatic N) is 4. The fraction of sp³-hybridized carbons (Fsp3) is 0.381. The molecule has 1 saturated heterocycles. The van der Waals surface area contributed by atoms with Crippen LogP contribution in [-0.2, 0) is 7.05 Å². The van der Waals surface area contributed by atoms with Gasteiger partial charge in [0.15, 0.2) is 0 Å². The molecule has 4 rings (SSSR count). The van der Waals surface area contributed by atoms with E-state index in [-0.39, 0.29) is 11.9 Å². The van der Waals surface area contributed by atoms with Crippen molar-refractivity contribution in [1.29, 1.82) is 0 Å². The Morgan fingerprint density at radius 3 is 2.69 bits per heavy atom. The van der Waals surface area contributed by atoms with E-state index in [1.807, 2.05) is 30.1 Å². The van der Waals surface area contributed by atoms with Crippen LogP contribution in [0.2, 0.25) is 10.0 Å². The molecular formula is C21H22Cl2N4O2. The topological polar surface area (TPSA) is 64.2 Å². The van der Waals surface area contributed by atoms with Gasteiger partial charge in [-0.1, -0.05) is 59.4 Å². The van der Waals surface area contributed by atoms with Crippen molar-refractivity contribution < 1.29 is 9.32 Å². The van der Waals surface area contributed by atoms with Crippen molar-refractivity contribution in [3.05, 3.63) is 57.5 Å². The minimum Gasteiger partial charge on any atom is -0.360 e. The summed E-state index contributed by atoms with van der Waals surface area (Å²) in [6, 6.07) is 7.17. The number of rotatable bonds is 3. The van der Waals surface area contributed by atoms with Gasteiger partial charge in [-0.05, 0) is 25.8 Å². The fourth-order valence-electron chi connectivity index (χ4n) is 4.04. The molecule has 1 aliphatic heterocycles. The molecule has 29 heavy (non-hydrogen) atoms. The molecule has 0 saturated carbocycles. The largest absolute Gasteiger partial charge is 0.360 e. The van der Waals surface area contributed by atoms with E-state index in [1.54, 1.807) is 23.9 Å². The number of amides is 1. The molecule has 1 atom stereocenters. The number of likely N-dealkylation sites (tertiary alicyclic amines) is 1. The summed E-state index contributed by atoms with van der Waals surface area (Å²) in [5.74, 6) is 0.354. The third kappa shape index (κ3) is 3.67. The van der Waals surface area contributed by atoms with Crippen LogP contribution < -0.4 is 0 Å². The predicted molar refractivity (Wildman–Crippen MR) is 112 cm³/mol. The lowest BCUT2D eigenvalue weighted by molar-refractivity contribution is 0.0672. The van der Waals surface area contributed by atoms with E-state index < -0.39 is 0 Å². The summed E-state index contributed by atoms with van der Waals surface area (Å²) in [7, 11) is 1.86. The van der Waals surface area contributed by atoms with Gasteiger partial charge in [0.25, 0.3) is 5.91 Å². The average Bonchev–Trinajstić information content (AvgIpc) is 3.14. The zero-order chi connectivity index (χ0) is 20.5. The number of benzene rings is 1. The van der Waals surface area contributed by atoms with Crippen molar-refractivity contribution in [2.24, 2.45) is 7.05 Å². The van der Waals surface area contributed by atoms with Crippen LogP contribution >= 0.6 is 23.2 Å². The Morgan fingerprint density at radius 2 is 1.97 bits per heavy atom. The predicted octanol–water partition coefficient (Wildman–Crippen LogP) is 5.45. The SMILES string of the molecule is Cc1onc(-c2ccccc2Cl)c1C(=O)N1CCCCCC1c1c(Cl)cnn1C. The van der Waals surface area contributed by atoms with Gasteiger partial charge in [-0.25, -0.2) is 0 Å². The molecule has 1 fully saturated rings. The Labute approximate surface area is 179 Å². The Morgan fingerprint density at radius 1 is 1.17 bits per heavy atom. The van der Waals surface area contributed by atoms with E-state index in [2.05, 4.69) is 10.3 Å². The van der Waals surface area contributed by atoms with Crippen LogP contribution in [0.25, 0.3) is 11.3 Å². The van der Waals surface area contributed by atoms with E-state index in [0.29, 0.717) is 39.2 Å². The molecule has 152 valence electrons. The fourth-order valence-corrected chi connectivity index (χ4v) is 4.55. The molecule has 0 spiro atoms. The van der Waals surface area contributed by atoms with Crippen molar-refractivity contribution >= 4 is 29.1 Å². The molecule has 1 amide bonds. The Balaban J connectivity index is 1.79. The number of aromatic nitrogens is 3. The molecule has 0 bridgehead atoms. The minimum atomic E-state index is -0.154. The molecule has 0 radical (unpaired) electrons. The van der Waals surface area contributed by atoms with Crippen LogP contribution in [0, 0.1) is 6.92 Å². The number of carbonyl (C=O) groups is 1. The van der Waals surface area contributed by atoms with Crippen molar-refractivity contribution in [2.45, 2.75) is 38.6 Å². The van der Waals surface area contributed by atoms with Crippen LogP contribution in [-0.4, -0.2) is 32.3 Å². The van der Waals surface area contributed by atoms with Crippen LogP contribution in [0.15, 0.2) is 35.0 Å². The quantitative estimate of drug-likeness (QED) is 0.551. The average molecular weight is 433 g/mol. The molecule has 6 nitrogen and oxygen atoms in total. The van der Waals surface area contributed by atoms with Gasteiger partial charge in [-0.2, -0.15) is 5.10 Å². The molecule has 8 heteroatoms. The van der Waals surface area contributed by atoms with Crippen LogP contribution in [0.5, 0.6) is 0 Å². The standard InChI is InChI=1S/C21H22Cl2N4O2/c1-13-18(19(25-29-13)14-8-5-6-9-15(14)22)21(28)27-11-7-3-4-10-17(27)20-16(23)12-24-26(20)2/h5-6,8-9,12,17H,3-4,7,10-11H2,1-2H3. The van der Waals surface area contributed by atoms with E-state index in [1.165, 1.54) is 0 Å². The molecule has 0 aliphatic carbocycles. The minimum absolute atomic E-state index is 0.122. The Hall–Kier alpha value is -2.31. The molecule has 1 aromatic carbocycles. The van der Waals surface area contributed by atoms with Gasteiger partial charge in [-0.15, -0.1) is 0 Å². The zero-order valence-corrected chi connectivity index (χ0v) is 17.9. The lowest BCUT2D eigenvalue weighted by atomic mass is 10.0. The first kappa shape index (κ1) is 20.0. The third-order valence-corrected chi connectivity index (χ3v) is 6.09. The Kier molecular flexibility index (Phi) is 5.65. The summed E-state index contributed by atoms with van der Waals surface area (Å²) in [4.78, 5) is 15.7. The number of halogens is 2. The highest BCUT2D eigenvalue weighted by molar-refractivity contribution is 6.33. The van der Waals surface area contributed by atoms with Crippen LogP contribution in [0.1, 0.15) is 53.5 Å². The maximum Gasteiger partial charge on any atom is 0.260 e. The van der Waals surface area contributed by atoms with E-state index >= 15 is 0 Å². The highest BCUT2D eigenvalue weighted by Crippen LogP contribution is 2.37. The van der Waals surface area contributed by atoms with Crippen molar-refractivity contribution in [3.63, 3.8) is 0 Å². The number of carbonyl (C=O) groups excluding carboxylic acids is 1. The van der Waals surface area contributed by atoms with Gasteiger partial charge >= 0.3 is 0 Å². The lowest BCUT2D eigenvalue weighted by Gasteiger charge is -2.30. The molecular weight excluding hydrogens is 411 g/mol. The lowest BCUT2D eigenvalue weighted by Crippen LogP contribution is -2.36. The van der Waals surface area contributed by atoms with E-state index in [0.717, 1.165) is 31.4 Å². The summed E-state index contributed by atoms with van der Waals surface area (Å²) < 4.78 is 7.18. The monoisotopic (exact) mass is 432 g/mol. The van der Waals surface area contributed by atoms with Crippen molar-refractivity contribution in [2.75, 3.05) is 6.54 Å². The highest BCUT2D eigenvalue weighted by Gasteiger charge is 2.34. The van der Waals surface area contributed by atoms with E-state index in [4.69, 9.17) is 27.7 Å². The summed E-state index contributed by atoms with van der Waals surface area (Å²) >= 11 is 12.8. The summed E-state index contributed by atoms with van der Waals surface area (Å²) in [6.45, 7) is 2.39. The highest BCUT2D eigenvalue weighted by atomic mass is 35.5. The smallest absolute Gasteiger partial charge is 0.260 e. The van der Waals surface area contributed by atoms with E-state index in [9.17, 15) is 4.79 Å². The second-order valence-corrected chi connectivity index (χ2v) is 8.12. The second-order valence-electron chi connectivity index (χ2n) is 7.31. The number of hydrogen-bond acceptors (Lipinski definition) is 4. The summed E-state index contributed by atoms with van der Waals surface area (Å²) in [5, 5.41) is 9.53. The van der Waals surface area contributed by atoms with Gasteiger partial charge < -0.3 is 9.42 Å². The van der Waals surface area contributed by atoms with Crippen LogP contribution in [0.4, 0.5) is 0 Å². The van der Waals surface area contributed by atoms with Gasteiger partial charge in [0, 0.05) is 19.2 Å². The van der Waals surface area contributed by atoms with Gasteiger partial charge in [0.1, 0.15) is 17.0 Å². The van der Waals surface area contributed by atoms with Gasteiger partial charge in [0.2, 0.25) is 0 Å². The molecule has 3 aromatic rings. The normalized spacial score (nSPS) is 17.4. The van der Waals surface area contributed by atoms with Gasteiger partial charge in [0.05, 0.1) is 28.0 Å². The molecule has 3 heterocycles. The van der Waals surface area contributed by atoms with Crippen molar-refractivity contribution in [3.8, 4) is 11.3 Å². The first-order valence-corrected chi connectivity index (χ1v) is 10.4. The molecule has 1 aliphatic rings. The number of hydrogen-bond donors (Lipinski definition) is 0. The second kappa shape index (κ2) is 8.20. The Bertz CT molecular complexity index is 1020. The number of aryl methyl sites for hydroxylation is 2. The maximum absolute atomic E-state index is 13.8.